The van der Waals surface area contributed by atoms with E-state index in [1.807, 2.05) is 0 Å². The molecular weight excluding hydrogens is 484 g/mol. The minimum absolute atomic E-state index is 0.0870. The Kier molecular flexibility index (Phi) is 8.36. The largest absolute Gasteiger partial charge is 0.508 e. The molecule has 0 spiro atoms. The van der Waals surface area contributed by atoms with Crippen molar-refractivity contribution in [3.63, 3.8) is 0 Å². The molecule has 1 saturated heterocycles. The highest BCUT2D eigenvalue weighted by atomic mass is 16.7. The van der Waals surface area contributed by atoms with E-state index in [0.29, 0.717) is 5.56 Å². The molecule has 4 rings (SSSR count). The summed E-state index contributed by atoms with van der Waals surface area (Å²) >= 11 is 0. The van der Waals surface area contributed by atoms with Crippen molar-refractivity contribution in [1.82, 2.24) is 0 Å². The number of ether oxygens (including phenoxy) is 4. The minimum atomic E-state index is -1.65. The molecule has 3 aromatic carbocycles. The number of aromatic hydroxyl groups is 1. The number of phenolic OH excluding ortho intramolecular Hbond substituents is 1. The highest BCUT2D eigenvalue weighted by Crippen LogP contribution is 2.30. The molecule has 0 aromatic heterocycles. The van der Waals surface area contributed by atoms with Gasteiger partial charge < -0.3 is 39.4 Å². The highest BCUT2D eigenvalue weighted by molar-refractivity contribution is 5.89. The SMILES string of the molecule is O=C(OCc1cc(O)ccc1OC1OC(CO)C(O)C(OC(=O)c2ccccc2)C1O)c1ccccc1. The Labute approximate surface area is 212 Å². The van der Waals surface area contributed by atoms with Crippen molar-refractivity contribution in [2.75, 3.05) is 6.61 Å². The van der Waals surface area contributed by atoms with E-state index in [2.05, 4.69) is 0 Å². The minimum Gasteiger partial charge on any atom is -0.508 e. The van der Waals surface area contributed by atoms with Crippen LogP contribution in [-0.2, 0) is 20.8 Å². The van der Waals surface area contributed by atoms with Crippen molar-refractivity contribution in [2.45, 2.75) is 37.3 Å². The van der Waals surface area contributed by atoms with Crippen LogP contribution in [0.15, 0.2) is 78.9 Å². The summed E-state index contributed by atoms with van der Waals surface area (Å²) in [5, 5.41) is 41.1. The summed E-state index contributed by atoms with van der Waals surface area (Å²) in [6.45, 7) is -0.928. The lowest BCUT2D eigenvalue weighted by Crippen LogP contribution is -2.61. The smallest absolute Gasteiger partial charge is 0.338 e. The van der Waals surface area contributed by atoms with Gasteiger partial charge in [0.25, 0.3) is 0 Å². The number of aliphatic hydroxyl groups is 3. The third kappa shape index (κ3) is 6.25. The number of carbonyl (C=O) groups excluding carboxylic acids is 2. The first-order chi connectivity index (χ1) is 17.9. The van der Waals surface area contributed by atoms with Gasteiger partial charge in [0.1, 0.15) is 30.3 Å². The fourth-order valence-corrected chi connectivity index (χ4v) is 3.78. The van der Waals surface area contributed by atoms with Crippen LogP contribution in [0.5, 0.6) is 11.5 Å². The number of carbonyl (C=O) groups is 2. The van der Waals surface area contributed by atoms with E-state index in [9.17, 15) is 30.0 Å². The molecule has 0 radical (unpaired) electrons. The molecule has 3 aromatic rings. The number of benzene rings is 3. The summed E-state index contributed by atoms with van der Waals surface area (Å²) in [7, 11) is 0. The van der Waals surface area contributed by atoms with Gasteiger partial charge in [0.15, 0.2) is 12.2 Å². The van der Waals surface area contributed by atoms with Crippen LogP contribution in [0.3, 0.4) is 0 Å². The number of hydrogen-bond acceptors (Lipinski definition) is 10. The summed E-state index contributed by atoms with van der Waals surface area (Å²) < 4.78 is 22.0. The van der Waals surface area contributed by atoms with Crippen LogP contribution in [-0.4, -0.2) is 69.7 Å². The Balaban J connectivity index is 1.51. The van der Waals surface area contributed by atoms with E-state index in [0.717, 1.165) is 0 Å². The van der Waals surface area contributed by atoms with Crippen LogP contribution >= 0.6 is 0 Å². The Morgan fingerprint density at radius 1 is 0.838 bits per heavy atom. The summed E-state index contributed by atoms with van der Waals surface area (Å²) in [4.78, 5) is 24.9. The highest BCUT2D eigenvalue weighted by Gasteiger charge is 2.48. The van der Waals surface area contributed by atoms with Gasteiger partial charge in [0, 0.05) is 5.56 Å². The first-order valence-corrected chi connectivity index (χ1v) is 11.5. The molecular formula is C27H26O10. The van der Waals surface area contributed by atoms with Gasteiger partial charge in [-0.2, -0.15) is 0 Å². The average molecular weight is 510 g/mol. The van der Waals surface area contributed by atoms with Crippen LogP contribution < -0.4 is 4.74 Å². The van der Waals surface area contributed by atoms with E-state index in [1.165, 1.54) is 30.3 Å². The third-order valence-corrected chi connectivity index (χ3v) is 5.73. The van der Waals surface area contributed by atoms with E-state index in [1.54, 1.807) is 48.5 Å². The molecule has 194 valence electrons. The Hall–Kier alpha value is -3.96. The maximum Gasteiger partial charge on any atom is 0.338 e. The normalized spacial score (nSPS) is 23.2. The van der Waals surface area contributed by atoms with Gasteiger partial charge in [-0.15, -0.1) is 0 Å². The van der Waals surface area contributed by atoms with Crippen LogP contribution in [0, 0.1) is 0 Å². The standard InChI is InChI=1S/C27H26O10/c28-14-21-22(30)24(37-26(33)17-9-5-2-6-10-17)23(31)27(36-21)35-20-12-11-19(29)13-18(20)15-34-25(32)16-7-3-1-4-8-16/h1-13,21-24,27-31H,14-15H2. The van der Waals surface area contributed by atoms with Gasteiger partial charge in [0.2, 0.25) is 6.29 Å². The second-order valence-corrected chi connectivity index (χ2v) is 8.29. The zero-order valence-corrected chi connectivity index (χ0v) is 19.5. The van der Waals surface area contributed by atoms with Crippen molar-refractivity contribution < 1.29 is 49.0 Å². The number of aliphatic hydroxyl groups excluding tert-OH is 3. The van der Waals surface area contributed by atoms with Gasteiger partial charge >= 0.3 is 11.9 Å². The zero-order valence-electron chi connectivity index (χ0n) is 19.5. The maximum atomic E-state index is 12.6. The molecule has 5 unspecified atom stereocenters. The molecule has 37 heavy (non-hydrogen) atoms. The van der Waals surface area contributed by atoms with Gasteiger partial charge in [-0.1, -0.05) is 36.4 Å². The number of esters is 2. The molecule has 1 heterocycles. The molecule has 1 aliphatic rings. The molecule has 1 aliphatic heterocycles. The lowest BCUT2D eigenvalue weighted by Gasteiger charge is -2.41. The monoisotopic (exact) mass is 510 g/mol. The predicted octanol–water partition coefficient (Wildman–Crippen LogP) is 1.79. The van der Waals surface area contributed by atoms with E-state index >= 15 is 0 Å². The van der Waals surface area contributed by atoms with Crippen LogP contribution in [0.1, 0.15) is 26.3 Å². The molecule has 10 heteroatoms. The Morgan fingerprint density at radius 3 is 2.08 bits per heavy atom. The average Bonchev–Trinajstić information content (AvgIpc) is 2.93. The van der Waals surface area contributed by atoms with Crippen molar-refractivity contribution in [2.24, 2.45) is 0 Å². The number of hydrogen-bond donors (Lipinski definition) is 4. The van der Waals surface area contributed by atoms with Crippen molar-refractivity contribution in [1.29, 1.82) is 0 Å². The molecule has 10 nitrogen and oxygen atoms in total. The van der Waals surface area contributed by atoms with Crippen LogP contribution in [0.4, 0.5) is 0 Å². The van der Waals surface area contributed by atoms with E-state index < -0.39 is 49.3 Å². The Morgan fingerprint density at radius 2 is 1.46 bits per heavy atom. The van der Waals surface area contributed by atoms with E-state index in [4.69, 9.17) is 18.9 Å². The summed E-state index contributed by atoms with van der Waals surface area (Å²) in [6, 6.07) is 20.3. The second-order valence-electron chi connectivity index (χ2n) is 8.29. The van der Waals surface area contributed by atoms with Crippen molar-refractivity contribution in [3.05, 3.63) is 95.6 Å². The fourth-order valence-electron chi connectivity index (χ4n) is 3.78. The number of rotatable bonds is 8. The zero-order chi connectivity index (χ0) is 26.4. The molecule has 4 N–H and O–H groups in total. The molecule has 5 atom stereocenters. The topological polar surface area (TPSA) is 152 Å². The molecule has 0 amide bonds. The summed E-state index contributed by atoms with van der Waals surface area (Å²) in [5.74, 6) is -1.43. The second kappa shape index (κ2) is 11.8. The molecule has 0 bridgehead atoms. The summed E-state index contributed by atoms with van der Waals surface area (Å²) in [6.07, 6.45) is -7.40. The van der Waals surface area contributed by atoms with Crippen LogP contribution in [0.2, 0.25) is 0 Å². The van der Waals surface area contributed by atoms with Gasteiger partial charge in [-0.05, 0) is 42.5 Å². The quantitative estimate of drug-likeness (QED) is 0.330. The number of phenols is 1. The summed E-state index contributed by atoms with van der Waals surface area (Å²) in [5.41, 5.74) is 0.788. The van der Waals surface area contributed by atoms with E-state index in [-0.39, 0.29) is 29.2 Å². The van der Waals surface area contributed by atoms with Gasteiger partial charge in [0.05, 0.1) is 17.7 Å². The predicted molar refractivity (Wildman–Crippen MR) is 128 cm³/mol. The van der Waals surface area contributed by atoms with Gasteiger partial charge in [-0.25, -0.2) is 9.59 Å². The molecule has 0 saturated carbocycles. The van der Waals surface area contributed by atoms with Crippen LogP contribution in [0.25, 0.3) is 0 Å². The molecule has 0 aliphatic carbocycles. The third-order valence-electron chi connectivity index (χ3n) is 5.73. The van der Waals surface area contributed by atoms with Gasteiger partial charge in [-0.3, -0.25) is 0 Å². The fraction of sp³-hybridized carbons (Fsp3) is 0.259. The Bertz CT molecular complexity index is 1200. The molecule has 1 fully saturated rings. The first-order valence-electron chi connectivity index (χ1n) is 11.5. The van der Waals surface area contributed by atoms with Crippen molar-refractivity contribution in [3.8, 4) is 11.5 Å². The maximum absolute atomic E-state index is 12.6. The first kappa shape index (κ1) is 26.1. The lowest BCUT2D eigenvalue weighted by molar-refractivity contribution is -0.277. The van der Waals surface area contributed by atoms with Crippen molar-refractivity contribution >= 4 is 11.9 Å². The lowest BCUT2D eigenvalue weighted by atomic mass is 9.98.